The van der Waals surface area contributed by atoms with E-state index in [0.29, 0.717) is 6.42 Å². The molecule has 1 amide bonds. The molecule has 0 spiro atoms. The van der Waals surface area contributed by atoms with Crippen LogP contribution in [-0.2, 0) is 4.79 Å². The molecular weight excluding hydrogens is 362 g/mol. The van der Waals surface area contributed by atoms with Gasteiger partial charge in [-0.05, 0) is 29.8 Å². The van der Waals surface area contributed by atoms with Crippen molar-refractivity contribution < 1.29 is 9.53 Å². The quantitative estimate of drug-likeness (QED) is 0.643. The minimum Gasteiger partial charge on any atom is -0.497 e. The van der Waals surface area contributed by atoms with Gasteiger partial charge in [0.05, 0.1) is 19.6 Å². The summed E-state index contributed by atoms with van der Waals surface area (Å²) in [5.74, 6) is 1.07. The lowest BCUT2D eigenvalue weighted by atomic mass is 10.0. The van der Waals surface area contributed by atoms with Gasteiger partial charge in [0, 0.05) is 50.3 Å². The number of nitrogens with zero attached hydrogens (tertiary/aromatic N) is 3. The SMILES string of the molecule is COc1cccc(N2CCN(C(=O)C[C@H](c3ccccc3)n3cccc3)CC2)c1. The van der Waals surface area contributed by atoms with E-state index in [1.165, 1.54) is 0 Å². The summed E-state index contributed by atoms with van der Waals surface area (Å²) < 4.78 is 7.46. The van der Waals surface area contributed by atoms with Crippen LogP contribution in [0.2, 0.25) is 0 Å². The number of piperazine rings is 1. The molecular formula is C24H27N3O2. The summed E-state index contributed by atoms with van der Waals surface area (Å²) >= 11 is 0. The van der Waals surface area contributed by atoms with Gasteiger partial charge in [0.15, 0.2) is 0 Å². The number of ether oxygens (including phenoxy) is 1. The van der Waals surface area contributed by atoms with E-state index in [-0.39, 0.29) is 11.9 Å². The molecule has 1 saturated heterocycles. The van der Waals surface area contributed by atoms with Crippen molar-refractivity contribution in [3.63, 3.8) is 0 Å². The number of hydrogen-bond donors (Lipinski definition) is 0. The standard InChI is InChI=1S/C24H27N3O2/c1-29-22-11-7-10-21(18-22)25-14-16-27(17-15-25)24(28)19-23(26-12-5-6-13-26)20-8-3-2-4-9-20/h2-13,18,23H,14-17,19H2,1H3/t23-/m1/s1. The molecule has 2 heterocycles. The van der Waals surface area contributed by atoms with Gasteiger partial charge in [-0.2, -0.15) is 0 Å². The minimum absolute atomic E-state index is 0.0233. The second kappa shape index (κ2) is 8.86. The average Bonchev–Trinajstić information content (AvgIpc) is 3.32. The van der Waals surface area contributed by atoms with E-state index in [0.717, 1.165) is 43.2 Å². The second-order valence-corrected chi connectivity index (χ2v) is 7.33. The normalized spacial score (nSPS) is 15.2. The monoisotopic (exact) mass is 389 g/mol. The van der Waals surface area contributed by atoms with E-state index in [1.807, 2.05) is 59.8 Å². The van der Waals surface area contributed by atoms with Crippen LogP contribution >= 0.6 is 0 Å². The van der Waals surface area contributed by atoms with E-state index in [4.69, 9.17) is 4.74 Å². The van der Waals surface area contributed by atoms with Gasteiger partial charge in [-0.1, -0.05) is 36.4 Å². The van der Waals surface area contributed by atoms with E-state index >= 15 is 0 Å². The highest BCUT2D eigenvalue weighted by Crippen LogP contribution is 2.25. The lowest BCUT2D eigenvalue weighted by Crippen LogP contribution is -2.49. The summed E-state index contributed by atoms with van der Waals surface area (Å²) in [7, 11) is 1.68. The molecule has 0 radical (unpaired) electrons. The zero-order valence-electron chi connectivity index (χ0n) is 16.8. The predicted molar refractivity (Wildman–Crippen MR) is 115 cm³/mol. The van der Waals surface area contributed by atoms with Gasteiger partial charge in [0.1, 0.15) is 5.75 Å². The lowest BCUT2D eigenvalue weighted by Gasteiger charge is -2.37. The molecule has 1 aliphatic rings. The maximum atomic E-state index is 13.1. The van der Waals surface area contributed by atoms with Crippen molar-refractivity contribution in [3.8, 4) is 5.75 Å². The first-order valence-electron chi connectivity index (χ1n) is 10.1. The van der Waals surface area contributed by atoms with Gasteiger partial charge in [0.2, 0.25) is 5.91 Å². The Morgan fingerprint density at radius 3 is 2.34 bits per heavy atom. The molecule has 1 atom stereocenters. The smallest absolute Gasteiger partial charge is 0.225 e. The van der Waals surface area contributed by atoms with Crippen LogP contribution in [0, 0.1) is 0 Å². The van der Waals surface area contributed by atoms with Crippen molar-refractivity contribution in [2.45, 2.75) is 12.5 Å². The molecule has 0 N–H and O–H groups in total. The Kier molecular flexibility index (Phi) is 5.84. The molecule has 0 unspecified atom stereocenters. The fourth-order valence-corrected chi connectivity index (χ4v) is 3.94. The van der Waals surface area contributed by atoms with Crippen molar-refractivity contribution >= 4 is 11.6 Å². The van der Waals surface area contributed by atoms with E-state index < -0.39 is 0 Å². The lowest BCUT2D eigenvalue weighted by molar-refractivity contribution is -0.132. The average molecular weight is 389 g/mol. The summed E-state index contributed by atoms with van der Waals surface area (Å²) in [6.45, 7) is 3.14. The molecule has 150 valence electrons. The summed E-state index contributed by atoms with van der Waals surface area (Å²) in [5.41, 5.74) is 2.30. The highest BCUT2D eigenvalue weighted by atomic mass is 16.5. The number of anilines is 1. The topological polar surface area (TPSA) is 37.7 Å². The summed E-state index contributed by atoms with van der Waals surface area (Å²) in [4.78, 5) is 17.4. The number of rotatable bonds is 6. The van der Waals surface area contributed by atoms with E-state index in [2.05, 4.69) is 33.7 Å². The molecule has 5 nitrogen and oxygen atoms in total. The fourth-order valence-electron chi connectivity index (χ4n) is 3.94. The molecule has 4 rings (SSSR count). The Morgan fingerprint density at radius 1 is 0.931 bits per heavy atom. The number of hydrogen-bond acceptors (Lipinski definition) is 3. The molecule has 5 heteroatoms. The van der Waals surface area contributed by atoms with Crippen molar-refractivity contribution in [2.24, 2.45) is 0 Å². The van der Waals surface area contributed by atoms with Gasteiger partial charge >= 0.3 is 0 Å². The van der Waals surface area contributed by atoms with E-state index in [1.54, 1.807) is 7.11 Å². The molecule has 1 aromatic heterocycles. The summed E-state index contributed by atoms with van der Waals surface area (Å²) in [6.07, 6.45) is 4.54. The third kappa shape index (κ3) is 4.45. The highest BCUT2D eigenvalue weighted by Gasteiger charge is 2.25. The fraction of sp³-hybridized carbons (Fsp3) is 0.292. The molecule has 2 aromatic carbocycles. The maximum Gasteiger partial charge on any atom is 0.225 e. The van der Waals surface area contributed by atoms with Gasteiger partial charge in [0.25, 0.3) is 0 Å². The van der Waals surface area contributed by atoms with Crippen LogP contribution < -0.4 is 9.64 Å². The van der Waals surface area contributed by atoms with Crippen LogP contribution in [0.4, 0.5) is 5.69 Å². The van der Waals surface area contributed by atoms with Crippen molar-refractivity contribution in [1.29, 1.82) is 0 Å². The number of benzene rings is 2. The number of carbonyl (C=O) groups is 1. The third-order valence-electron chi connectivity index (χ3n) is 5.59. The molecule has 0 saturated carbocycles. The summed E-state index contributed by atoms with van der Waals surface area (Å²) in [5, 5.41) is 0. The van der Waals surface area contributed by atoms with Crippen LogP contribution in [0.15, 0.2) is 79.1 Å². The molecule has 0 bridgehead atoms. The van der Waals surface area contributed by atoms with Gasteiger partial charge < -0.3 is 19.1 Å². The Labute approximate surface area is 172 Å². The van der Waals surface area contributed by atoms with Crippen molar-refractivity contribution in [1.82, 2.24) is 9.47 Å². The first-order valence-corrected chi connectivity index (χ1v) is 10.1. The first kappa shape index (κ1) is 19.1. The third-order valence-corrected chi connectivity index (χ3v) is 5.59. The molecule has 29 heavy (non-hydrogen) atoms. The Balaban J connectivity index is 1.41. The zero-order valence-corrected chi connectivity index (χ0v) is 16.8. The van der Waals surface area contributed by atoms with Crippen LogP contribution in [0.25, 0.3) is 0 Å². The number of amides is 1. The predicted octanol–water partition coefficient (Wildman–Crippen LogP) is 3.83. The zero-order chi connectivity index (χ0) is 20.1. The second-order valence-electron chi connectivity index (χ2n) is 7.33. The number of aromatic nitrogens is 1. The largest absolute Gasteiger partial charge is 0.497 e. The van der Waals surface area contributed by atoms with Crippen molar-refractivity contribution in [3.05, 3.63) is 84.7 Å². The van der Waals surface area contributed by atoms with Gasteiger partial charge in [-0.3, -0.25) is 4.79 Å². The summed E-state index contributed by atoms with van der Waals surface area (Å²) in [6, 6.07) is 22.4. The van der Waals surface area contributed by atoms with Crippen LogP contribution in [0.1, 0.15) is 18.0 Å². The van der Waals surface area contributed by atoms with Crippen molar-refractivity contribution in [2.75, 3.05) is 38.2 Å². The Bertz CT molecular complexity index is 916. The molecule has 0 aliphatic carbocycles. The van der Waals surface area contributed by atoms with Gasteiger partial charge in [-0.15, -0.1) is 0 Å². The molecule has 3 aromatic rings. The maximum absolute atomic E-state index is 13.1. The molecule has 1 fully saturated rings. The van der Waals surface area contributed by atoms with Crippen LogP contribution in [-0.4, -0.2) is 48.7 Å². The number of methoxy groups -OCH3 is 1. The van der Waals surface area contributed by atoms with Crippen LogP contribution in [0.3, 0.4) is 0 Å². The Hall–Kier alpha value is -3.21. The Morgan fingerprint density at radius 2 is 1.66 bits per heavy atom. The first-order chi connectivity index (χ1) is 14.2. The number of carbonyl (C=O) groups excluding carboxylic acids is 1. The highest BCUT2D eigenvalue weighted by molar-refractivity contribution is 5.77. The van der Waals surface area contributed by atoms with Gasteiger partial charge in [-0.25, -0.2) is 0 Å². The van der Waals surface area contributed by atoms with E-state index in [9.17, 15) is 4.79 Å². The minimum atomic E-state index is 0.0233. The van der Waals surface area contributed by atoms with Crippen LogP contribution in [0.5, 0.6) is 5.75 Å². The molecule has 1 aliphatic heterocycles.